The van der Waals surface area contributed by atoms with Gasteiger partial charge in [0, 0.05) is 12.7 Å². The van der Waals surface area contributed by atoms with Crippen molar-refractivity contribution in [2.24, 2.45) is 0 Å². The third-order valence-corrected chi connectivity index (χ3v) is 3.62. The van der Waals surface area contributed by atoms with Gasteiger partial charge in [-0.1, -0.05) is 12.1 Å². The molecule has 114 valence electrons. The minimum absolute atomic E-state index is 0.479. The highest BCUT2D eigenvalue weighted by atomic mass is 19.4. The van der Waals surface area contributed by atoms with Gasteiger partial charge in [-0.05, 0) is 42.3 Å². The summed E-state index contributed by atoms with van der Waals surface area (Å²) in [5.41, 5.74) is 8.49. The number of fused-ring (bicyclic) bond motifs is 1. The van der Waals surface area contributed by atoms with Gasteiger partial charge >= 0.3 is 6.18 Å². The van der Waals surface area contributed by atoms with Gasteiger partial charge in [0.25, 0.3) is 0 Å². The Hall–Kier alpha value is -2.50. The number of benzene rings is 1. The number of nitrogen functional groups attached to an aromatic ring is 1. The number of hydrogen-bond donors (Lipinski definition) is 1. The van der Waals surface area contributed by atoms with Crippen LogP contribution in [-0.4, -0.2) is 9.55 Å². The normalized spacial score (nSPS) is 12.0. The molecule has 0 radical (unpaired) electrons. The van der Waals surface area contributed by atoms with Crippen LogP contribution in [0.1, 0.15) is 16.7 Å². The fraction of sp³-hybridized carbons (Fsp3) is 0.188. The summed E-state index contributed by atoms with van der Waals surface area (Å²) in [7, 11) is 0. The van der Waals surface area contributed by atoms with Gasteiger partial charge in [0.15, 0.2) is 0 Å². The predicted molar refractivity (Wildman–Crippen MR) is 79.4 cm³/mol. The van der Waals surface area contributed by atoms with E-state index in [1.165, 1.54) is 12.1 Å². The van der Waals surface area contributed by atoms with Crippen molar-refractivity contribution in [3.05, 3.63) is 59.3 Å². The van der Waals surface area contributed by atoms with Crippen LogP contribution in [0.5, 0.6) is 0 Å². The Bertz CT molecular complexity index is 817. The van der Waals surface area contributed by atoms with Crippen LogP contribution >= 0.6 is 0 Å². The van der Waals surface area contributed by atoms with Gasteiger partial charge < -0.3 is 10.3 Å². The Balaban J connectivity index is 1.92. The SMILES string of the molecule is Cc1cc2c(ccn2Cc2ccc(C(F)(F)F)cc2)nc1N. The first-order valence-electron chi connectivity index (χ1n) is 6.73. The zero-order chi connectivity index (χ0) is 15.9. The zero-order valence-electron chi connectivity index (χ0n) is 11.9. The lowest BCUT2D eigenvalue weighted by Gasteiger charge is -2.09. The first-order valence-corrected chi connectivity index (χ1v) is 6.73. The van der Waals surface area contributed by atoms with Crippen LogP contribution in [0.25, 0.3) is 11.0 Å². The van der Waals surface area contributed by atoms with Gasteiger partial charge in [-0.15, -0.1) is 0 Å². The molecule has 0 spiro atoms. The lowest BCUT2D eigenvalue weighted by molar-refractivity contribution is -0.137. The molecule has 6 heteroatoms. The lowest BCUT2D eigenvalue weighted by Crippen LogP contribution is -2.05. The molecular weight excluding hydrogens is 291 g/mol. The van der Waals surface area contributed by atoms with Gasteiger partial charge in [-0.25, -0.2) is 4.98 Å². The summed E-state index contributed by atoms with van der Waals surface area (Å²) in [6.07, 6.45) is -2.45. The molecule has 22 heavy (non-hydrogen) atoms. The number of aryl methyl sites for hydroxylation is 1. The number of rotatable bonds is 2. The van der Waals surface area contributed by atoms with E-state index >= 15 is 0 Å². The molecule has 0 aliphatic heterocycles. The smallest absolute Gasteiger partial charge is 0.383 e. The number of alkyl halides is 3. The first kappa shape index (κ1) is 14.4. The van der Waals surface area contributed by atoms with E-state index in [1.54, 1.807) is 0 Å². The fourth-order valence-corrected chi connectivity index (χ4v) is 2.36. The number of aromatic nitrogens is 2. The molecule has 3 aromatic rings. The predicted octanol–water partition coefficient (Wildman–Crippen LogP) is 3.99. The van der Waals surface area contributed by atoms with Crippen molar-refractivity contribution in [2.45, 2.75) is 19.6 Å². The molecule has 1 aromatic carbocycles. The van der Waals surface area contributed by atoms with Crippen LogP contribution in [0.4, 0.5) is 19.0 Å². The highest BCUT2D eigenvalue weighted by Crippen LogP contribution is 2.29. The maximum absolute atomic E-state index is 12.6. The lowest BCUT2D eigenvalue weighted by atomic mass is 10.1. The Morgan fingerprint density at radius 1 is 1.14 bits per heavy atom. The zero-order valence-corrected chi connectivity index (χ0v) is 11.9. The fourth-order valence-electron chi connectivity index (χ4n) is 2.36. The molecule has 2 aromatic heterocycles. The van der Waals surface area contributed by atoms with Crippen LogP contribution in [0.15, 0.2) is 42.6 Å². The van der Waals surface area contributed by atoms with E-state index in [1.807, 2.05) is 29.8 Å². The van der Waals surface area contributed by atoms with Gasteiger partial charge in [0.2, 0.25) is 0 Å². The highest BCUT2D eigenvalue weighted by molar-refractivity contribution is 5.79. The van der Waals surface area contributed by atoms with Gasteiger partial charge in [0.1, 0.15) is 5.82 Å². The summed E-state index contributed by atoms with van der Waals surface area (Å²) in [5, 5.41) is 0. The van der Waals surface area contributed by atoms with Crippen molar-refractivity contribution in [1.82, 2.24) is 9.55 Å². The van der Waals surface area contributed by atoms with E-state index in [9.17, 15) is 13.2 Å². The average molecular weight is 305 g/mol. The van der Waals surface area contributed by atoms with E-state index in [-0.39, 0.29) is 0 Å². The van der Waals surface area contributed by atoms with Crippen molar-refractivity contribution in [3.8, 4) is 0 Å². The van der Waals surface area contributed by atoms with Crippen LogP contribution in [-0.2, 0) is 12.7 Å². The second-order valence-corrected chi connectivity index (χ2v) is 5.23. The molecule has 3 nitrogen and oxygen atoms in total. The Labute approximate surface area is 125 Å². The number of anilines is 1. The minimum atomic E-state index is -4.31. The van der Waals surface area contributed by atoms with Crippen molar-refractivity contribution in [3.63, 3.8) is 0 Å². The summed E-state index contributed by atoms with van der Waals surface area (Å²) in [5.74, 6) is 0.486. The molecule has 0 bridgehead atoms. The second-order valence-electron chi connectivity index (χ2n) is 5.23. The van der Waals surface area contributed by atoms with Crippen LogP contribution < -0.4 is 5.73 Å². The van der Waals surface area contributed by atoms with Crippen molar-refractivity contribution < 1.29 is 13.2 Å². The Morgan fingerprint density at radius 2 is 1.82 bits per heavy atom. The Kier molecular flexibility index (Phi) is 3.31. The molecule has 0 aliphatic rings. The largest absolute Gasteiger partial charge is 0.416 e. The molecule has 0 atom stereocenters. The molecule has 0 saturated heterocycles. The van der Waals surface area contributed by atoms with Gasteiger partial charge in [-0.2, -0.15) is 13.2 Å². The van der Waals surface area contributed by atoms with Crippen LogP contribution in [0, 0.1) is 6.92 Å². The molecule has 0 unspecified atom stereocenters. The third-order valence-electron chi connectivity index (χ3n) is 3.62. The summed E-state index contributed by atoms with van der Waals surface area (Å²) in [4.78, 5) is 4.29. The molecule has 0 amide bonds. The van der Waals surface area contributed by atoms with E-state index < -0.39 is 11.7 Å². The van der Waals surface area contributed by atoms with Crippen molar-refractivity contribution >= 4 is 16.9 Å². The van der Waals surface area contributed by atoms with Crippen LogP contribution in [0.2, 0.25) is 0 Å². The van der Waals surface area contributed by atoms with Crippen molar-refractivity contribution in [1.29, 1.82) is 0 Å². The van der Waals surface area contributed by atoms with E-state index in [0.29, 0.717) is 12.4 Å². The first-order chi connectivity index (χ1) is 10.3. The standard InChI is InChI=1S/C16H14F3N3/c1-10-8-14-13(21-15(10)20)6-7-22(14)9-11-2-4-12(5-3-11)16(17,18)19/h2-8H,9H2,1H3,(H2,20,21). The number of hydrogen-bond acceptors (Lipinski definition) is 2. The quantitative estimate of drug-likeness (QED) is 0.778. The average Bonchev–Trinajstić information content (AvgIpc) is 2.81. The molecule has 2 N–H and O–H groups in total. The minimum Gasteiger partial charge on any atom is -0.383 e. The van der Waals surface area contributed by atoms with E-state index in [2.05, 4.69) is 4.98 Å². The summed E-state index contributed by atoms with van der Waals surface area (Å²) >= 11 is 0. The maximum atomic E-state index is 12.6. The monoisotopic (exact) mass is 305 g/mol. The maximum Gasteiger partial charge on any atom is 0.416 e. The number of pyridine rings is 1. The van der Waals surface area contributed by atoms with Gasteiger partial charge in [-0.3, -0.25) is 0 Å². The van der Waals surface area contributed by atoms with Crippen molar-refractivity contribution in [2.75, 3.05) is 5.73 Å². The van der Waals surface area contributed by atoms with Gasteiger partial charge in [0.05, 0.1) is 16.6 Å². The summed E-state index contributed by atoms with van der Waals surface area (Å²) < 4.78 is 39.6. The summed E-state index contributed by atoms with van der Waals surface area (Å²) in [6, 6.07) is 8.96. The molecule has 0 fully saturated rings. The summed E-state index contributed by atoms with van der Waals surface area (Å²) in [6.45, 7) is 2.35. The molecular formula is C16H14F3N3. The Morgan fingerprint density at radius 3 is 2.45 bits per heavy atom. The number of nitrogens with two attached hydrogens (primary N) is 1. The van der Waals surface area contributed by atoms with Crippen LogP contribution in [0.3, 0.4) is 0 Å². The second kappa shape index (κ2) is 5.05. The molecule has 2 heterocycles. The topological polar surface area (TPSA) is 43.8 Å². The number of halogens is 3. The molecule has 0 aliphatic carbocycles. The highest BCUT2D eigenvalue weighted by Gasteiger charge is 2.29. The molecule has 0 saturated carbocycles. The van der Waals surface area contributed by atoms with E-state index in [0.717, 1.165) is 34.3 Å². The molecule has 3 rings (SSSR count). The third kappa shape index (κ3) is 2.64. The van der Waals surface area contributed by atoms with E-state index in [4.69, 9.17) is 5.73 Å². The number of nitrogens with zero attached hydrogens (tertiary/aromatic N) is 2.